The lowest BCUT2D eigenvalue weighted by atomic mass is 10.5. The Morgan fingerprint density at radius 3 is 2.78 bits per heavy atom. The molecule has 9 heavy (non-hydrogen) atoms. The SMILES string of the molecule is Cc1nc(F)ncc1Cl. The van der Waals surface area contributed by atoms with Gasteiger partial charge in [-0.25, -0.2) is 9.97 Å². The summed E-state index contributed by atoms with van der Waals surface area (Å²) in [5.74, 6) is 0. The van der Waals surface area contributed by atoms with Gasteiger partial charge in [-0.05, 0) is 6.92 Å². The molecule has 0 saturated heterocycles. The van der Waals surface area contributed by atoms with Crippen molar-refractivity contribution in [3.63, 3.8) is 0 Å². The molecular formula is C5H4ClFN2. The van der Waals surface area contributed by atoms with Crippen molar-refractivity contribution < 1.29 is 4.39 Å². The zero-order chi connectivity index (χ0) is 6.85. The second-order valence-electron chi connectivity index (χ2n) is 1.57. The highest BCUT2D eigenvalue weighted by Crippen LogP contribution is 2.08. The summed E-state index contributed by atoms with van der Waals surface area (Å²) in [7, 11) is 0. The molecule has 1 rings (SSSR count). The molecule has 1 aromatic rings. The Bertz CT molecular complexity index is 226. The third kappa shape index (κ3) is 1.36. The summed E-state index contributed by atoms with van der Waals surface area (Å²) in [5, 5.41) is 0.386. The van der Waals surface area contributed by atoms with Gasteiger partial charge in [-0.1, -0.05) is 11.6 Å². The third-order valence-corrected chi connectivity index (χ3v) is 1.26. The zero-order valence-electron chi connectivity index (χ0n) is 4.73. The maximum absolute atomic E-state index is 12.1. The molecule has 0 bridgehead atoms. The third-order valence-electron chi connectivity index (χ3n) is 0.890. The lowest BCUT2D eigenvalue weighted by Gasteiger charge is -1.91. The molecule has 0 aliphatic rings. The molecule has 48 valence electrons. The Labute approximate surface area is 56.7 Å². The molecule has 0 unspecified atom stereocenters. The summed E-state index contributed by atoms with van der Waals surface area (Å²) < 4.78 is 12.1. The van der Waals surface area contributed by atoms with Gasteiger partial charge in [-0.15, -0.1) is 0 Å². The van der Waals surface area contributed by atoms with Crippen LogP contribution in [0.3, 0.4) is 0 Å². The number of hydrogen-bond donors (Lipinski definition) is 0. The maximum atomic E-state index is 12.1. The largest absolute Gasteiger partial charge is 0.308 e. The molecule has 0 aromatic carbocycles. The molecule has 0 radical (unpaired) electrons. The minimum atomic E-state index is -0.739. The smallest absolute Gasteiger partial charge is 0.209 e. The van der Waals surface area contributed by atoms with Gasteiger partial charge in [0.25, 0.3) is 0 Å². The molecule has 0 saturated carbocycles. The summed E-state index contributed by atoms with van der Waals surface area (Å²) in [4.78, 5) is 6.59. The molecule has 0 fully saturated rings. The fraction of sp³-hybridized carbons (Fsp3) is 0.200. The van der Waals surface area contributed by atoms with E-state index < -0.39 is 6.08 Å². The molecule has 4 heteroatoms. The van der Waals surface area contributed by atoms with E-state index in [4.69, 9.17) is 11.6 Å². The molecule has 1 heterocycles. The first kappa shape index (κ1) is 6.42. The van der Waals surface area contributed by atoms with Crippen LogP contribution in [0.5, 0.6) is 0 Å². The predicted molar refractivity (Wildman–Crippen MR) is 31.7 cm³/mol. The minimum Gasteiger partial charge on any atom is -0.209 e. The Morgan fingerprint density at radius 1 is 1.67 bits per heavy atom. The van der Waals surface area contributed by atoms with E-state index in [0.29, 0.717) is 10.7 Å². The molecule has 1 aromatic heterocycles. The van der Waals surface area contributed by atoms with Crippen molar-refractivity contribution in [2.24, 2.45) is 0 Å². The van der Waals surface area contributed by atoms with Crippen LogP contribution in [0.1, 0.15) is 5.69 Å². The quantitative estimate of drug-likeness (QED) is 0.520. The van der Waals surface area contributed by atoms with Crippen LogP contribution in [0.4, 0.5) is 4.39 Å². The average Bonchev–Trinajstić information content (AvgIpc) is 1.80. The van der Waals surface area contributed by atoms with Gasteiger partial charge in [-0.2, -0.15) is 4.39 Å². The standard InChI is InChI=1S/C5H4ClFN2/c1-3-4(6)2-8-5(7)9-3/h2H,1H3. The van der Waals surface area contributed by atoms with Crippen molar-refractivity contribution in [1.29, 1.82) is 0 Å². The van der Waals surface area contributed by atoms with Gasteiger partial charge in [0.2, 0.25) is 0 Å². The van der Waals surface area contributed by atoms with Gasteiger partial charge in [0.1, 0.15) is 0 Å². The van der Waals surface area contributed by atoms with E-state index in [1.807, 2.05) is 0 Å². The number of halogens is 2. The highest BCUT2D eigenvalue weighted by Gasteiger charge is 1.97. The van der Waals surface area contributed by atoms with Crippen molar-refractivity contribution >= 4 is 11.6 Å². The van der Waals surface area contributed by atoms with Gasteiger partial charge in [-0.3, -0.25) is 0 Å². The normalized spacial score (nSPS) is 9.67. The van der Waals surface area contributed by atoms with Gasteiger partial charge in [0, 0.05) is 0 Å². The summed E-state index contributed by atoms with van der Waals surface area (Å²) in [6.07, 6.45) is 0.496. The van der Waals surface area contributed by atoms with Crippen LogP contribution in [0.15, 0.2) is 6.20 Å². The van der Waals surface area contributed by atoms with Crippen LogP contribution >= 0.6 is 11.6 Å². The number of aromatic nitrogens is 2. The maximum Gasteiger partial charge on any atom is 0.308 e. The highest BCUT2D eigenvalue weighted by atomic mass is 35.5. The van der Waals surface area contributed by atoms with Crippen molar-refractivity contribution in [2.45, 2.75) is 6.92 Å². The first-order valence-corrected chi connectivity index (χ1v) is 2.72. The van der Waals surface area contributed by atoms with Crippen molar-refractivity contribution in [2.75, 3.05) is 0 Å². The van der Waals surface area contributed by atoms with E-state index in [1.165, 1.54) is 6.20 Å². The van der Waals surface area contributed by atoms with Gasteiger partial charge in [0.15, 0.2) is 0 Å². The number of hydrogen-bond acceptors (Lipinski definition) is 2. The van der Waals surface area contributed by atoms with E-state index in [-0.39, 0.29) is 0 Å². The molecule has 0 amide bonds. The van der Waals surface area contributed by atoms with Crippen LogP contribution in [-0.2, 0) is 0 Å². The topological polar surface area (TPSA) is 25.8 Å². The molecule has 0 aliphatic heterocycles. The summed E-state index contributed by atoms with van der Waals surface area (Å²) in [6.45, 7) is 1.62. The number of aryl methyl sites for hydroxylation is 1. The van der Waals surface area contributed by atoms with Crippen LogP contribution in [0.2, 0.25) is 5.02 Å². The second kappa shape index (κ2) is 2.27. The molecule has 0 spiro atoms. The van der Waals surface area contributed by atoms with Gasteiger partial charge in [0.05, 0.1) is 16.9 Å². The van der Waals surface area contributed by atoms with Crippen molar-refractivity contribution in [3.8, 4) is 0 Å². The average molecular weight is 147 g/mol. The van der Waals surface area contributed by atoms with E-state index in [9.17, 15) is 4.39 Å². The van der Waals surface area contributed by atoms with Gasteiger partial charge >= 0.3 is 6.08 Å². The minimum absolute atomic E-state index is 0.386. The summed E-state index contributed by atoms with van der Waals surface area (Å²) in [6, 6.07) is 0. The van der Waals surface area contributed by atoms with Crippen LogP contribution in [0.25, 0.3) is 0 Å². The first-order valence-electron chi connectivity index (χ1n) is 2.35. The highest BCUT2D eigenvalue weighted by molar-refractivity contribution is 6.31. The first-order chi connectivity index (χ1) is 4.20. The van der Waals surface area contributed by atoms with E-state index in [2.05, 4.69) is 9.97 Å². The second-order valence-corrected chi connectivity index (χ2v) is 1.98. The van der Waals surface area contributed by atoms with Crippen LogP contribution in [-0.4, -0.2) is 9.97 Å². The molecule has 2 nitrogen and oxygen atoms in total. The molecule has 0 N–H and O–H groups in total. The fourth-order valence-electron chi connectivity index (χ4n) is 0.424. The molecular weight excluding hydrogens is 143 g/mol. The lowest BCUT2D eigenvalue weighted by Crippen LogP contribution is -1.90. The Balaban J connectivity index is 3.17. The van der Waals surface area contributed by atoms with Gasteiger partial charge < -0.3 is 0 Å². The predicted octanol–water partition coefficient (Wildman–Crippen LogP) is 1.58. The van der Waals surface area contributed by atoms with Crippen molar-refractivity contribution in [3.05, 3.63) is 23.0 Å². The van der Waals surface area contributed by atoms with E-state index in [1.54, 1.807) is 6.92 Å². The molecule has 0 atom stereocenters. The van der Waals surface area contributed by atoms with Crippen LogP contribution in [0, 0.1) is 13.0 Å². The Morgan fingerprint density at radius 2 is 2.33 bits per heavy atom. The van der Waals surface area contributed by atoms with Crippen molar-refractivity contribution in [1.82, 2.24) is 9.97 Å². The fourth-order valence-corrected chi connectivity index (χ4v) is 0.515. The number of rotatable bonds is 0. The van der Waals surface area contributed by atoms with E-state index in [0.717, 1.165) is 0 Å². The Kier molecular flexibility index (Phi) is 1.62. The number of nitrogens with zero attached hydrogens (tertiary/aromatic N) is 2. The summed E-state index contributed by atoms with van der Waals surface area (Å²) in [5.41, 5.74) is 0.462. The zero-order valence-corrected chi connectivity index (χ0v) is 5.48. The molecule has 0 aliphatic carbocycles. The lowest BCUT2D eigenvalue weighted by molar-refractivity contribution is 0.535. The monoisotopic (exact) mass is 146 g/mol. The van der Waals surface area contributed by atoms with E-state index >= 15 is 0 Å². The van der Waals surface area contributed by atoms with Crippen LogP contribution < -0.4 is 0 Å². The summed E-state index contributed by atoms with van der Waals surface area (Å²) >= 11 is 5.49. The Hall–Kier alpha value is -0.700.